The fourth-order valence-electron chi connectivity index (χ4n) is 2.42. The number of benzene rings is 1. The van der Waals surface area contributed by atoms with Crippen LogP contribution in [-0.2, 0) is 11.2 Å². The first-order valence-corrected chi connectivity index (χ1v) is 10.2. The highest BCUT2D eigenvalue weighted by molar-refractivity contribution is 8.18. The first kappa shape index (κ1) is 19.3. The Bertz CT molecular complexity index is 899. The van der Waals surface area contributed by atoms with Crippen molar-refractivity contribution < 1.29 is 4.79 Å². The molecule has 1 fully saturated rings. The third kappa shape index (κ3) is 4.45. The third-order valence-electron chi connectivity index (χ3n) is 3.86. The van der Waals surface area contributed by atoms with Crippen molar-refractivity contribution in [2.24, 2.45) is 4.99 Å². The van der Waals surface area contributed by atoms with Gasteiger partial charge in [0.15, 0.2) is 5.17 Å². The van der Waals surface area contributed by atoms with Crippen LogP contribution >= 0.6 is 23.1 Å². The third-order valence-corrected chi connectivity index (χ3v) is 5.83. The number of hydrogen-bond donors (Lipinski definition) is 0. The molecule has 0 N–H and O–H groups in total. The molecule has 3 rings (SSSR count). The second-order valence-corrected chi connectivity index (χ2v) is 8.08. The number of nitrogens with zero attached hydrogens (tertiary/aromatic N) is 5. The normalized spacial score (nSPS) is 17.1. The first-order valence-electron chi connectivity index (χ1n) is 8.52. The molecule has 0 atom stereocenters. The van der Waals surface area contributed by atoms with E-state index in [1.54, 1.807) is 11.0 Å². The number of aliphatic imine (C=N–C) groups is 1. The number of rotatable bonds is 6. The number of thioether (sulfide) groups is 1. The largest absolute Gasteiger partial charge is 0.378 e. The summed E-state index contributed by atoms with van der Waals surface area (Å²) in [6, 6.07) is 8.06. The van der Waals surface area contributed by atoms with Crippen molar-refractivity contribution >= 4 is 51.1 Å². The van der Waals surface area contributed by atoms with E-state index in [4.69, 9.17) is 0 Å². The van der Waals surface area contributed by atoms with Crippen LogP contribution in [0, 0.1) is 0 Å². The van der Waals surface area contributed by atoms with Crippen molar-refractivity contribution in [3.8, 4) is 0 Å². The highest BCUT2D eigenvalue weighted by Gasteiger charge is 2.32. The molecule has 0 saturated carbocycles. The quantitative estimate of drug-likeness (QED) is 0.544. The van der Waals surface area contributed by atoms with Gasteiger partial charge in [-0.3, -0.25) is 9.69 Å². The zero-order chi connectivity index (χ0) is 19.4. The zero-order valence-electron chi connectivity index (χ0n) is 15.5. The van der Waals surface area contributed by atoms with Crippen LogP contribution in [0.4, 0.5) is 10.8 Å². The molecule has 8 heteroatoms. The van der Waals surface area contributed by atoms with E-state index in [1.165, 1.54) is 23.1 Å². The van der Waals surface area contributed by atoms with Gasteiger partial charge in [0.25, 0.3) is 5.91 Å². The molecule has 0 radical (unpaired) electrons. The SMILES string of the molecule is C=CCN1C(=O)/C(=C/c2ccc(N(C)C)cc2)SC1=Nc1nnc(CC)s1. The Hall–Kier alpha value is -2.45. The fraction of sp³-hybridized carbons (Fsp3) is 0.263. The van der Waals surface area contributed by atoms with Crippen molar-refractivity contribution in [2.75, 3.05) is 25.5 Å². The van der Waals surface area contributed by atoms with Gasteiger partial charge in [-0.1, -0.05) is 36.5 Å². The van der Waals surface area contributed by atoms with E-state index in [2.05, 4.69) is 21.8 Å². The van der Waals surface area contributed by atoms with Crippen LogP contribution < -0.4 is 4.90 Å². The molecule has 1 amide bonds. The minimum atomic E-state index is -0.0735. The Morgan fingerprint density at radius 3 is 2.59 bits per heavy atom. The van der Waals surface area contributed by atoms with Crippen molar-refractivity contribution in [3.05, 3.63) is 52.4 Å². The summed E-state index contributed by atoms with van der Waals surface area (Å²) in [5, 5.41) is 10.3. The second kappa shape index (κ2) is 8.49. The summed E-state index contributed by atoms with van der Waals surface area (Å²) in [6.07, 6.45) is 4.40. The maximum Gasteiger partial charge on any atom is 0.267 e. The van der Waals surface area contributed by atoms with Gasteiger partial charge in [-0.25, -0.2) is 0 Å². The number of aromatic nitrogens is 2. The van der Waals surface area contributed by atoms with Crippen LogP contribution in [0.1, 0.15) is 17.5 Å². The van der Waals surface area contributed by atoms with Crippen molar-refractivity contribution in [3.63, 3.8) is 0 Å². The van der Waals surface area contributed by atoms with Gasteiger partial charge < -0.3 is 4.90 Å². The Labute approximate surface area is 167 Å². The topological polar surface area (TPSA) is 61.7 Å². The van der Waals surface area contributed by atoms with Crippen LogP contribution in [0.2, 0.25) is 0 Å². The van der Waals surface area contributed by atoms with Gasteiger partial charge in [0, 0.05) is 26.3 Å². The Morgan fingerprint density at radius 2 is 2.00 bits per heavy atom. The van der Waals surface area contributed by atoms with Gasteiger partial charge in [0.2, 0.25) is 5.13 Å². The predicted octanol–water partition coefficient (Wildman–Crippen LogP) is 3.96. The van der Waals surface area contributed by atoms with Gasteiger partial charge in [0.1, 0.15) is 5.01 Å². The molecule has 1 aromatic carbocycles. The van der Waals surface area contributed by atoms with Crippen LogP contribution in [-0.4, -0.2) is 46.8 Å². The number of amidine groups is 1. The van der Waals surface area contributed by atoms with E-state index in [-0.39, 0.29) is 5.91 Å². The lowest BCUT2D eigenvalue weighted by atomic mass is 10.2. The molecule has 2 heterocycles. The molecule has 6 nitrogen and oxygen atoms in total. The van der Waals surface area contributed by atoms with E-state index >= 15 is 0 Å². The number of carbonyl (C=O) groups is 1. The minimum absolute atomic E-state index is 0.0735. The van der Waals surface area contributed by atoms with Gasteiger partial charge in [-0.05, 0) is 42.0 Å². The number of hydrogen-bond acceptors (Lipinski definition) is 7. The van der Waals surface area contributed by atoms with Crippen LogP contribution in [0.25, 0.3) is 6.08 Å². The summed E-state index contributed by atoms with van der Waals surface area (Å²) < 4.78 is 0. The fourth-order valence-corrected chi connectivity index (χ4v) is 4.11. The van der Waals surface area contributed by atoms with Gasteiger partial charge in [-0.2, -0.15) is 4.99 Å². The highest BCUT2D eigenvalue weighted by Crippen LogP contribution is 2.34. The Kier molecular flexibility index (Phi) is 6.08. The molecule has 1 saturated heterocycles. The van der Waals surface area contributed by atoms with Crippen molar-refractivity contribution in [1.29, 1.82) is 0 Å². The van der Waals surface area contributed by atoms with E-state index in [0.29, 0.717) is 21.7 Å². The zero-order valence-corrected chi connectivity index (χ0v) is 17.2. The molecular formula is C19H21N5OS2. The molecule has 2 aromatic rings. The molecule has 0 unspecified atom stereocenters. The number of anilines is 1. The maximum atomic E-state index is 12.8. The minimum Gasteiger partial charge on any atom is -0.378 e. The lowest BCUT2D eigenvalue weighted by Gasteiger charge is -2.12. The average Bonchev–Trinajstić information content (AvgIpc) is 3.22. The Morgan fingerprint density at radius 1 is 1.26 bits per heavy atom. The molecule has 1 aliphatic rings. The van der Waals surface area contributed by atoms with Gasteiger partial charge in [-0.15, -0.1) is 16.8 Å². The lowest BCUT2D eigenvalue weighted by molar-refractivity contribution is -0.121. The summed E-state index contributed by atoms with van der Waals surface area (Å²) in [4.78, 5) is 21.6. The van der Waals surface area contributed by atoms with E-state index in [1.807, 2.05) is 56.3 Å². The number of aryl methyl sites for hydroxylation is 1. The molecule has 27 heavy (non-hydrogen) atoms. The van der Waals surface area contributed by atoms with Crippen molar-refractivity contribution in [1.82, 2.24) is 15.1 Å². The molecule has 0 bridgehead atoms. The molecule has 140 valence electrons. The first-order chi connectivity index (χ1) is 13.0. The van der Waals surface area contributed by atoms with Crippen LogP contribution in [0.3, 0.4) is 0 Å². The summed E-state index contributed by atoms with van der Waals surface area (Å²) >= 11 is 2.79. The van der Waals surface area contributed by atoms with E-state index in [0.717, 1.165) is 22.7 Å². The molecule has 0 spiro atoms. The van der Waals surface area contributed by atoms with Gasteiger partial charge >= 0.3 is 0 Å². The number of amides is 1. The lowest BCUT2D eigenvalue weighted by Crippen LogP contribution is -2.29. The second-order valence-electron chi connectivity index (χ2n) is 6.03. The number of carbonyl (C=O) groups excluding carboxylic acids is 1. The van der Waals surface area contributed by atoms with E-state index in [9.17, 15) is 4.79 Å². The summed E-state index contributed by atoms with van der Waals surface area (Å²) in [5.41, 5.74) is 2.08. The van der Waals surface area contributed by atoms with Crippen LogP contribution in [0.15, 0.2) is 46.8 Å². The Balaban J connectivity index is 1.88. The van der Waals surface area contributed by atoms with Gasteiger partial charge in [0.05, 0.1) is 4.91 Å². The molecule has 1 aromatic heterocycles. The van der Waals surface area contributed by atoms with Crippen LogP contribution in [0.5, 0.6) is 0 Å². The van der Waals surface area contributed by atoms with E-state index < -0.39 is 0 Å². The summed E-state index contributed by atoms with van der Waals surface area (Å²) in [5.74, 6) is -0.0735. The van der Waals surface area contributed by atoms with Crippen molar-refractivity contribution in [2.45, 2.75) is 13.3 Å². The predicted molar refractivity (Wildman–Crippen MR) is 115 cm³/mol. The summed E-state index contributed by atoms with van der Waals surface area (Å²) in [7, 11) is 3.99. The molecular weight excluding hydrogens is 378 g/mol. The smallest absolute Gasteiger partial charge is 0.267 e. The standard InChI is InChI=1S/C19H21N5OS2/c1-5-11-24-17(25)15(12-13-7-9-14(10-8-13)23(3)4)26-19(24)20-18-22-21-16(6-2)27-18/h5,7-10,12H,1,6,11H2,2-4H3/b15-12-,20-19?. The highest BCUT2D eigenvalue weighted by atomic mass is 32.2. The maximum absolute atomic E-state index is 12.8. The average molecular weight is 400 g/mol. The molecule has 0 aliphatic carbocycles. The monoisotopic (exact) mass is 399 g/mol. The summed E-state index contributed by atoms with van der Waals surface area (Å²) in [6.45, 7) is 6.17. The molecule has 1 aliphatic heterocycles.